The Hall–Kier alpha value is -2.40. The maximum absolute atomic E-state index is 12.7. The van der Waals surface area contributed by atoms with Gasteiger partial charge >= 0.3 is 29.6 Å². The zero-order chi connectivity index (χ0) is 19.6. The van der Waals surface area contributed by atoms with Gasteiger partial charge in [0.2, 0.25) is 0 Å². The van der Waals surface area contributed by atoms with E-state index in [1.807, 2.05) is 62.3 Å². The van der Waals surface area contributed by atoms with Gasteiger partial charge in [-0.05, 0) is 53.1 Å². The monoisotopic (exact) mass is 381 g/mol. The molecule has 0 spiro atoms. The molecule has 0 fully saturated rings. The normalized spacial score (nSPS) is 10.7. The van der Waals surface area contributed by atoms with Crippen molar-refractivity contribution >= 4 is 34.3 Å². The second-order valence-corrected chi connectivity index (χ2v) is 6.63. The van der Waals surface area contributed by atoms with Gasteiger partial charge < -0.3 is 14.8 Å². The van der Waals surface area contributed by atoms with E-state index in [1.54, 1.807) is 18.2 Å². The molecule has 0 saturated heterocycles. The van der Waals surface area contributed by atoms with Crippen LogP contribution in [0.5, 0.6) is 0 Å². The minimum absolute atomic E-state index is 0. The van der Waals surface area contributed by atoms with Crippen LogP contribution in [0.25, 0.3) is 16.8 Å². The summed E-state index contributed by atoms with van der Waals surface area (Å²) in [5.74, 6) is -1.42. The number of fused-ring (bicyclic) bond motifs is 1. The molecule has 3 rings (SSSR count). The van der Waals surface area contributed by atoms with Crippen molar-refractivity contribution in [2.24, 2.45) is 0 Å². The van der Waals surface area contributed by atoms with Crippen LogP contribution >= 0.6 is 0 Å². The predicted octanol–water partition coefficient (Wildman–Crippen LogP) is 0.478. The van der Waals surface area contributed by atoms with Gasteiger partial charge in [0, 0.05) is 30.9 Å². The number of carboxylic acid groups (broad SMARTS) is 1. The zero-order valence-corrected chi connectivity index (χ0v) is 18.5. The van der Waals surface area contributed by atoms with E-state index in [0.29, 0.717) is 16.3 Å². The van der Waals surface area contributed by atoms with Crippen LogP contribution in [0.15, 0.2) is 60.7 Å². The molecule has 28 heavy (non-hydrogen) atoms. The second kappa shape index (κ2) is 9.20. The minimum Gasteiger partial charge on any atom is -0.545 e. The Kier molecular flexibility index (Phi) is 7.19. The van der Waals surface area contributed by atoms with Crippen LogP contribution in [0.2, 0.25) is 0 Å². The van der Waals surface area contributed by atoms with Gasteiger partial charge in [-0.1, -0.05) is 42.5 Å². The van der Waals surface area contributed by atoms with Gasteiger partial charge in [-0.3, -0.25) is 4.79 Å². The quantitative estimate of drug-likeness (QED) is 0.366. The van der Waals surface area contributed by atoms with E-state index in [9.17, 15) is 14.7 Å². The Morgan fingerprint density at radius 3 is 2.18 bits per heavy atom. The van der Waals surface area contributed by atoms with E-state index in [4.69, 9.17) is 0 Å². The number of carbonyl (C=O) groups excluding carboxylic acids is 2. The molecule has 0 N–H and O–H groups in total. The molecule has 0 aliphatic rings. The van der Waals surface area contributed by atoms with Gasteiger partial charge in [-0.25, -0.2) is 0 Å². The summed E-state index contributed by atoms with van der Waals surface area (Å²) in [5.41, 5.74) is 3.37. The molecule has 0 saturated carbocycles. The van der Waals surface area contributed by atoms with Crippen molar-refractivity contribution in [1.82, 2.24) is 0 Å². The van der Waals surface area contributed by atoms with Gasteiger partial charge in [-0.2, -0.15) is 0 Å². The average molecular weight is 381 g/mol. The summed E-state index contributed by atoms with van der Waals surface area (Å²) in [6.07, 6.45) is 3.27. The van der Waals surface area contributed by atoms with Crippen LogP contribution in [0.3, 0.4) is 0 Å². The van der Waals surface area contributed by atoms with Crippen molar-refractivity contribution in [1.29, 1.82) is 0 Å². The molecule has 0 heterocycles. The van der Waals surface area contributed by atoms with E-state index >= 15 is 0 Å². The van der Waals surface area contributed by atoms with E-state index < -0.39 is 5.97 Å². The number of carboxylic acids is 1. The SMILES string of the molecule is Cc1cccc2c(C(=O)/C=C\c3ccc(N(C)C)cc3)ccc(C(=O)[O-])c12.[Na+]. The summed E-state index contributed by atoms with van der Waals surface area (Å²) in [5, 5.41) is 12.6. The van der Waals surface area contributed by atoms with Crippen molar-refractivity contribution in [3.8, 4) is 0 Å². The molecule has 0 bridgehead atoms. The van der Waals surface area contributed by atoms with Crippen molar-refractivity contribution < 1.29 is 44.3 Å². The number of nitrogens with zero attached hydrogens (tertiary/aromatic N) is 1. The van der Waals surface area contributed by atoms with E-state index in [-0.39, 0.29) is 40.9 Å². The Balaban J connectivity index is 0.00000280. The van der Waals surface area contributed by atoms with Crippen molar-refractivity contribution in [3.05, 3.63) is 82.9 Å². The van der Waals surface area contributed by atoms with Crippen LogP contribution in [-0.2, 0) is 0 Å². The molecule has 3 aromatic rings. The maximum atomic E-state index is 12.7. The molecule has 4 nitrogen and oxygen atoms in total. The number of allylic oxidation sites excluding steroid dienone is 1. The number of aromatic carboxylic acids is 1. The molecule has 0 radical (unpaired) electrons. The Morgan fingerprint density at radius 2 is 1.57 bits per heavy atom. The van der Waals surface area contributed by atoms with Crippen LogP contribution in [0.1, 0.15) is 31.8 Å². The van der Waals surface area contributed by atoms with Gasteiger partial charge in [0.1, 0.15) is 0 Å². The molecule has 0 atom stereocenters. The van der Waals surface area contributed by atoms with Crippen molar-refractivity contribution in [2.75, 3.05) is 19.0 Å². The molecule has 0 aliphatic heterocycles. The molecule has 0 amide bonds. The minimum atomic E-state index is -1.25. The fourth-order valence-electron chi connectivity index (χ4n) is 3.12. The summed E-state index contributed by atoms with van der Waals surface area (Å²) in [4.78, 5) is 26.2. The predicted molar refractivity (Wildman–Crippen MR) is 107 cm³/mol. The summed E-state index contributed by atoms with van der Waals surface area (Å²) in [7, 11) is 3.94. The second-order valence-electron chi connectivity index (χ2n) is 6.63. The standard InChI is InChI=1S/C23H21NO3.Na/c1-15-5-4-6-19-18(12-13-20(22(15)19)23(26)27)21(25)14-9-16-7-10-17(11-8-16)24(2)3;/h4-14H,1-3H3,(H,26,27);/q;+1/p-1/b14-9-;. The Bertz CT molecular complexity index is 1050. The fraction of sp³-hybridized carbons (Fsp3) is 0.130. The van der Waals surface area contributed by atoms with Gasteiger partial charge in [0.25, 0.3) is 0 Å². The number of rotatable bonds is 5. The number of carbonyl (C=O) groups is 2. The number of benzene rings is 3. The van der Waals surface area contributed by atoms with E-state index in [1.165, 1.54) is 12.1 Å². The zero-order valence-electron chi connectivity index (χ0n) is 16.5. The van der Waals surface area contributed by atoms with Crippen LogP contribution in [-0.4, -0.2) is 25.8 Å². The van der Waals surface area contributed by atoms with Gasteiger partial charge in [-0.15, -0.1) is 0 Å². The smallest absolute Gasteiger partial charge is 0.545 e. The Morgan fingerprint density at radius 1 is 0.929 bits per heavy atom. The maximum Gasteiger partial charge on any atom is 1.00 e. The summed E-state index contributed by atoms with van der Waals surface area (Å²) in [6.45, 7) is 1.82. The number of aryl methyl sites for hydroxylation is 1. The first-order valence-electron chi connectivity index (χ1n) is 8.62. The first kappa shape index (κ1) is 21.9. The van der Waals surface area contributed by atoms with Crippen LogP contribution < -0.4 is 39.6 Å². The van der Waals surface area contributed by atoms with Crippen molar-refractivity contribution in [2.45, 2.75) is 6.92 Å². The molecule has 136 valence electrons. The molecule has 0 aliphatic carbocycles. The average Bonchev–Trinajstić information content (AvgIpc) is 2.65. The third kappa shape index (κ3) is 4.53. The van der Waals surface area contributed by atoms with E-state index in [0.717, 1.165) is 16.8 Å². The molecule has 5 heteroatoms. The molecular formula is C23H20NNaO3. The van der Waals surface area contributed by atoms with Crippen LogP contribution in [0.4, 0.5) is 5.69 Å². The van der Waals surface area contributed by atoms with E-state index in [2.05, 4.69) is 0 Å². The summed E-state index contributed by atoms with van der Waals surface area (Å²) >= 11 is 0. The van der Waals surface area contributed by atoms with Gasteiger partial charge in [0.05, 0.1) is 5.97 Å². The van der Waals surface area contributed by atoms with Crippen molar-refractivity contribution in [3.63, 3.8) is 0 Å². The fourth-order valence-corrected chi connectivity index (χ4v) is 3.12. The first-order valence-corrected chi connectivity index (χ1v) is 8.62. The first-order chi connectivity index (χ1) is 12.9. The third-order valence-corrected chi connectivity index (χ3v) is 4.57. The largest absolute Gasteiger partial charge is 1.00 e. The molecule has 3 aromatic carbocycles. The number of hydrogen-bond acceptors (Lipinski definition) is 4. The number of ketones is 1. The summed E-state index contributed by atoms with van der Waals surface area (Å²) in [6, 6.07) is 16.3. The Labute approximate surface area is 186 Å². The third-order valence-electron chi connectivity index (χ3n) is 4.57. The topological polar surface area (TPSA) is 60.4 Å². The van der Waals surface area contributed by atoms with Crippen LogP contribution in [0, 0.1) is 6.92 Å². The molecular weight excluding hydrogens is 361 g/mol. The summed E-state index contributed by atoms with van der Waals surface area (Å²) < 4.78 is 0. The molecule has 0 aromatic heterocycles. The van der Waals surface area contributed by atoms with Gasteiger partial charge in [0.15, 0.2) is 5.78 Å². The number of hydrogen-bond donors (Lipinski definition) is 0. The molecule has 0 unspecified atom stereocenters. The number of anilines is 1.